The van der Waals surface area contributed by atoms with E-state index >= 15 is 0 Å². The summed E-state index contributed by atoms with van der Waals surface area (Å²) in [5, 5.41) is 12.7. The summed E-state index contributed by atoms with van der Waals surface area (Å²) in [6.07, 6.45) is 2.17. The SMILES string of the molecule is Cc1ccc(C2=CC(c3ccc(C)cc3)n3nnnc3N2CC(=O)N2CCN(c3ccccc3)CC2)cc1. The molecule has 2 aliphatic rings. The highest BCUT2D eigenvalue weighted by atomic mass is 16.2. The molecular weight excluding hydrogens is 474 g/mol. The molecule has 1 aromatic heterocycles. The second kappa shape index (κ2) is 10.1. The number of aryl methyl sites for hydroxylation is 2. The Morgan fingerprint density at radius 2 is 1.50 bits per heavy atom. The maximum atomic E-state index is 13.6. The smallest absolute Gasteiger partial charge is 0.251 e. The maximum Gasteiger partial charge on any atom is 0.251 e. The summed E-state index contributed by atoms with van der Waals surface area (Å²) in [7, 11) is 0. The van der Waals surface area contributed by atoms with Crippen LogP contribution in [0, 0.1) is 13.8 Å². The predicted molar refractivity (Wildman–Crippen MR) is 149 cm³/mol. The first-order valence-electron chi connectivity index (χ1n) is 13.1. The fourth-order valence-electron chi connectivity index (χ4n) is 5.19. The molecule has 1 fully saturated rings. The number of nitrogens with zero attached hydrogens (tertiary/aromatic N) is 7. The normalized spacial score (nSPS) is 17.3. The van der Waals surface area contributed by atoms with Crippen LogP contribution in [0.4, 0.5) is 11.6 Å². The third-order valence-electron chi connectivity index (χ3n) is 7.40. The van der Waals surface area contributed by atoms with Crippen LogP contribution in [0.5, 0.6) is 0 Å². The number of fused-ring (bicyclic) bond motifs is 1. The average molecular weight is 506 g/mol. The Bertz CT molecular complexity index is 1440. The van der Waals surface area contributed by atoms with Crippen molar-refractivity contribution in [3.63, 3.8) is 0 Å². The van der Waals surface area contributed by atoms with E-state index in [1.54, 1.807) is 0 Å². The average Bonchev–Trinajstić information content (AvgIpc) is 3.45. The molecule has 0 bridgehead atoms. The third kappa shape index (κ3) is 4.65. The zero-order valence-electron chi connectivity index (χ0n) is 21.7. The van der Waals surface area contributed by atoms with Crippen molar-refractivity contribution in [2.75, 3.05) is 42.5 Å². The van der Waals surface area contributed by atoms with Crippen LogP contribution in [0.25, 0.3) is 5.70 Å². The van der Waals surface area contributed by atoms with Crippen LogP contribution in [0.2, 0.25) is 0 Å². The molecule has 2 aliphatic heterocycles. The van der Waals surface area contributed by atoms with E-state index in [2.05, 4.69) is 113 Å². The Kier molecular flexibility index (Phi) is 6.37. The van der Waals surface area contributed by atoms with Gasteiger partial charge in [0.2, 0.25) is 5.91 Å². The fourth-order valence-corrected chi connectivity index (χ4v) is 5.19. The lowest BCUT2D eigenvalue weighted by atomic mass is 9.99. The molecule has 1 unspecified atom stereocenters. The van der Waals surface area contributed by atoms with Gasteiger partial charge >= 0.3 is 0 Å². The van der Waals surface area contributed by atoms with Crippen molar-refractivity contribution in [3.05, 3.63) is 107 Å². The number of para-hydroxylation sites is 1. The van der Waals surface area contributed by atoms with Crippen molar-refractivity contribution in [1.29, 1.82) is 0 Å². The number of carbonyl (C=O) groups excluding carboxylic acids is 1. The van der Waals surface area contributed by atoms with Crippen LogP contribution in [0.1, 0.15) is 28.3 Å². The van der Waals surface area contributed by atoms with Crippen LogP contribution in [-0.2, 0) is 4.79 Å². The first kappa shape index (κ1) is 23.9. The minimum atomic E-state index is -0.169. The Labute approximate surface area is 222 Å². The molecule has 3 aromatic carbocycles. The highest BCUT2D eigenvalue weighted by molar-refractivity contribution is 5.89. The zero-order chi connectivity index (χ0) is 26.1. The van der Waals surface area contributed by atoms with Crippen LogP contribution >= 0.6 is 0 Å². The summed E-state index contributed by atoms with van der Waals surface area (Å²) >= 11 is 0. The Balaban J connectivity index is 1.28. The molecule has 0 N–H and O–H groups in total. The molecule has 1 saturated heterocycles. The largest absolute Gasteiger partial charge is 0.368 e. The highest BCUT2D eigenvalue weighted by Crippen LogP contribution is 2.36. The summed E-state index contributed by atoms with van der Waals surface area (Å²) in [6, 6.07) is 27.0. The van der Waals surface area contributed by atoms with Crippen LogP contribution in [0.3, 0.4) is 0 Å². The van der Waals surface area contributed by atoms with Gasteiger partial charge in [-0.05, 0) is 53.6 Å². The quantitative estimate of drug-likeness (QED) is 0.407. The van der Waals surface area contributed by atoms with Gasteiger partial charge in [0.15, 0.2) is 0 Å². The van der Waals surface area contributed by atoms with E-state index in [1.807, 2.05) is 20.5 Å². The first-order valence-corrected chi connectivity index (χ1v) is 13.1. The number of amides is 1. The van der Waals surface area contributed by atoms with E-state index in [4.69, 9.17) is 0 Å². The molecule has 0 spiro atoms. The molecule has 8 heteroatoms. The fraction of sp³-hybridized carbons (Fsp3) is 0.267. The van der Waals surface area contributed by atoms with Gasteiger partial charge < -0.3 is 9.80 Å². The number of hydrogen-bond donors (Lipinski definition) is 0. The summed E-state index contributed by atoms with van der Waals surface area (Å²) in [5.74, 6) is 0.643. The van der Waals surface area contributed by atoms with Gasteiger partial charge in [-0.25, -0.2) is 0 Å². The first-order chi connectivity index (χ1) is 18.6. The second-order valence-corrected chi connectivity index (χ2v) is 9.99. The lowest BCUT2D eigenvalue weighted by Gasteiger charge is -2.38. The standard InChI is InChI=1S/C30H31N7O/c1-22-8-12-24(13-9-22)27-20-28(25-14-10-23(2)11-15-25)37-30(31-32-33-37)36(27)21-29(38)35-18-16-34(17-19-35)26-6-4-3-5-7-26/h3-15,20,28H,16-19,21H2,1-2H3. The summed E-state index contributed by atoms with van der Waals surface area (Å²) in [6.45, 7) is 7.31. The van der Waals surface area contributed by atoms with Crippen LogP contribution < -0.4 is 9.80 Å². The Morgan fingerprint density at radius 1 is 0.842 bits per heavy atom. The van der Waals surface area contributed by atoms with Crippen molar-refractivity contribution < 1.29 is 4.79 Å². The Morgan fingerprint density at radius 3 is 2.18 bits per heavy atom. The summed E-state index contributed by atoms with van der Waals surface area (Å²) in [4.78, 5) is 19.9. The number of piperazine rings is 1. The predicted octanol–water partition coefficient (Wildman–Crippen LogP) is 4.09. The highest BCUT2D eigenvalue weighted by Gasteiger charge is 2.33. The van der Waals surface area contributed by atoms with Gasteiger partial charge in [0.1, 0.15) is 12.6 Å². The molecule has 0 radical (unpaired) electrons. The molecule has 0 aliphatic carbocycles. The number of benzene rings is 3. The molecule has 0 saturated carbocycles. The minimum Gasteiger partial charge on any atom is -0.368 e. The summed E-state index contributed by atoms with van der Waals surface area (Å²) < 4.78 is 1.81. The van der Waals surface area contributed by atoms with E-state index in [0.717, 1.165) is 29.9 Å². The van der Waals surface area contributed by atoms with Gasteiger partial charge in [-0.1, -0.05) is 83.0 Å². The van der Waals surface area contributed by atoms with Gasteiger partial charge in [0.05, 0.1) is 5.70 Å². The molecule has 192 valence electrons. The molecule has 8 nitrogen and oxygen atoms in total. The molecule has 38 heavy (non-hydrogen) atoms. The third-order valence-corrected chi connectivity index (χ3v) is 7.40. The van der Waals surface area contributed by atoms with Gasteiger partial charge in [-0.3, -0.25) is 9.69 Å². The molecule has 3 heterocycles. The van der Waals surface area contributed by atoms with Crippen molar-refractivity contribution >= 4 is 23.2 Å². The number of hydrogen-bond acceptors (Lipinski definition) is 6. The van der Waals surface area contributed by atoms with E-state index in [1.165, 1.54) is 16.8 Å². The molecule has 1 amide bonds. The van der Waals surface area contributed by atoms with Gasteiger partial charge in [0, 0.05) is 31.9 Å². The second-order valence-electron chi connectivity index (χ2n) is 9.99. The molecule has 6 rings (SSSR count). The van der Waals surface area contributed by atoms with E-state index in [-0.39, 0.29) is 18.5 Å². The van der Waals surface area contributed by atoms with E-state index in [9.17, 15) is 4.79 Å². The molecular formula is C30H31N7O. The number of tetrazole rings is 1. The lowest BCUT2D eigenvalue weighted by molar-refractivity contribution is -0.129. The number of aromatic nitrogens is 4. The van der Waals surface area contributed by atoms with Gasteiger partial charge in [-0.2, -0.15) is 4.68 Å². The van der Waals surface area contributed by atoms with Crippen molar-refractivity contribution in [1.82, 2.24) is 25.1 Å². The van der Waals surface area contributed by atoms with Gasteiger partial charge in [-0.15, -0.1) is 0 Å². The lowest BCUT2D eigenvalue weighted by Crippen LogP contribution is -2.51. The molecule has 1 atom stereocenters. The minimum absolute atomic E-state index is 0.0686. The van der Waals surface area contributed by atoms with Gasteiger partial charge in [0.25, 0.3) is 5.95 Å². The molecule has 4 aromatic rings. The number of allylic oxidation sites excluding steroid dienone is 1. The van der Waals surface area contributed by atoms with Crippen molar-refractivity contribution in [2.24, 2.45) is 0 Å². The number of anilines is 2. The van der Waals surface area contributed by atoms with E-state index in [0.29, 0.717) is 19.0 Å². The van der Waals surface area contributed by atoms with Crippen molar-refractivity contribution in [3.8, 4) is 0 Å². The summed E-state index contributed by atoms with van der Waals surface area (Å²) in [5.41, 5.74) is 6.64. The van der Waals surface area contributed by atoms with E-state index < -0.39 is 0 Å². The monoisotopic (exact) mass is 505 g/mol. The van der Waals surface area contributed by atoms with Crippen molar-refractivity contribution in [2.45, 2.75) is 19.9 Å². The maximum absolute atomic E-state index is 13.6. The topological polar surface area (TPSA) is 70.4 Å². The number of carbonyl (C=O) groups is 1. The Hall–Kier alpha value is -4.46. The number of rotatable bonds is 5. The van der Waals surface area contributed by atoms with Crippen LogP contribution in [0.15, 0.2) is 84.9 Å². The zero-order valence-corrected chi connectivity index (χ0v) is 21.7. The van der Waals surface area contributed by atoms with Crippen LogP contribution in [-0.4, -0.2) is 63.7 Å².